The maximum atomic E-state index is 12.1. The quantitative estimate of drug-likeness (QED) is 0.812. The normalized spacial score (nSPS) is 12.3. The van der Waals surface area contributed by atoms with Gasteiger partial charge in [0.05, 0.1) is 0 Å². The highest BCUT2D eigenvalue weighted by Gasteiger charge is 2.19. The first-order valence-electron chi connectivity index (χ1n) is 6.71. The fourth-order valence-corrected chi connectivity index (χ4v) is 1.76. The van der Waals surface area contributed by atoms with Crippen LogP contribution in [-0.4, -0.2) is 34.5 Å². The third kappa shape index (κ3) is 4.88. The van der Waals surface area contributed by atoms with Crippen molar-refractivity contribution < 1.29 is 14.7 Å². The maximum Gasteiger partial charge on any atom is 0.323 e. The number of hydrogen-bond acceptors (Lipinski definition) is 2. The van der Waals surface area contributed by atoms with Crippen LogP contribution in [-0.2, 0) is 9.59 Å². The molecule has 0 aromatic heterocycles. The van der Waals surface area contributed by atoms with Crippen molar-refractivity contribution in [3.63, 3.8) is 0 Å². The molecule has 1 aromatic carbocycles. The monoisotopic (exact) mass is 275 g/mol. The molecule has 0 saturated carbocycles. The number of aliphatic carboxylic acids is 1. The summed E-state index contributed by atoms with van der Waals surface area (Å²) in [6.07, 6.45) is 3.86. The van der Waals surface area contributed by atoms with E-state index >= 15 is 0 Å². The molecule has 4 heteroatoms. The second kappa shape index (κ2) is 7.48. The van der Waals surface area contributed by atoms with Crippen LogP contribution < -0.4 is 0 Å². The molecule has 1 amide bonds. The lowest BCUT2D eigenvalue weighted by atomic mass is 10.1. The second-order valence-corrected chi connectivity index (χ2v) is 4.86. The molecule has 0 spiro atoms. The average Bonchev–Trinajstić information content (AvgIpc) is 2.42. The van der Waals surface area contributed by atoms with Crippen molar-refractivity contribution in [1.82, 2.24) is 4.90 Å². The molecule has 0 fully saturated rings. The minimum Gasteiger partial charge on any atom is -0.480 e. The molecule has 0 saturated heterocycles. The summed E-state index contributed by atoms with van der Waals surface area (Å²) in [6, 6.07) is 7.68. The van der Waals surface area contributed by atoms with Crippen LogP contribution in [0.5, 0.6) is 0 Å². The summed E-state index contributed by atoms with van der Waals surface area (Å²) in [5.74, 6) is -1.27. The van der Waals surface area contributed by atoms with Gasteiger partial charge in [0.25, 0.3) is 0 Å². The molecule has 0 aliphatic rings. The minimum atomic E-state index is -0.998. The van der Waals surface area contributed by atoms with Gasteiger partial charge >= 0.3 is 5.97 Å². The third-order valence-corrected chi connectivity index (χ3v) is 3.21. The fourth-order valence-electron chi connectivity index (χ4n) is 1.76. The van der Waals surface area contributed by atoms with Gasteiger partial charge < -0.3 is 10.0 Å². The van der Waals surface area contributed by atoms with E-state index in [4.69, 9.17) is 5.11 Å². The van der Waals surface area contributed by atoms with Gasteiger partial charge in [0.15, 0.2) is 0 Å². The Kier molecular flexibility index (Phi) is 5.97. The first kappa shape index (κ1) is 16.0. The van der Waals surface area contributed by atoms with E-state index < -0.39 is 5.97 Å². The van der Waals surface area contributed by atoms with Gasteiger partial charge in [-0.1, -0.05) is 36.8 Å². The molecule has 1 aromatic rings. The number of carboxylic acid groups (broad SMARTS) is 1. The number of amides is 1. The standard InChI is InChI=1S/C16H21NO3/c1-4-13(3)17(11-16(19)20)15(18)10-9-14-7-5-12(2)6-8-14/h5-10,13H,4,11H2,1-3H3,(H,19,20)/b10-9+. The molecule has 0 aliphatic heterocycles. The largest absolute Gasteiger partial charge is 0.480 e. The number of aryl methyl sites for hydroxylation is 1. The molecule has 0 bridgehead atoms. The highest BCUT2D eigenvalue weighted by atomic mass is 16.4. The highest BCUT2D eigenvalue weighted by molar-refractivity contribution is 5.93. The maximum absolute atomic E-state index is 12.1. The van der Waals surface area contributed by atoms with Gasteiger partial charge in [0.2, 0.25) is 5.91 Å². The molecular weight excluding hydrogens is 254 g/mol. The second-order valence-electron chi connectivity index (χ2n) is 4.86. The zero-order valence-corrected chi connectivity index (χ0v) is 12.2. The minimum absolute atomic E-state index is 0.0960. The zero-order chi connectivity index (χ0) is 15.1. The first-order valence-corrected chi connectivity index (χ1v) is 6.71. The Labute approximate surface area is 119 Å². The van der Waals surface area contributed by atoms with Crippen LogP contribution in [0.2, 0.25) is 0 Å². The van der Waals surface area contributed by atoms with Gasteiger partial charge in [0, 0.05) is 12.1 Å². The van der Waals surface area contributed by atoms with Gasteiger partial charge in [-0.15, -0.1) is 0 Å². The molecule has 108 valence electrons. The third-order valence-electron chi connectivity index (χ3n) is 3.21. The summed E-state index contributed by atoms with van der Waals surface area (Å²) in [4.78, 5) is 24.3. The molecule has 1 unspecified atom stereocenters. The van der Waals surface area contributed by atoms with Crippen LogP contribution in [0.4, 0.5) is 0 Å². The number of hydrogen-bond donors (Lipinski definition) is 1. The molecular formula is C16H21NO3. The van der Waals surface area contributed by atoms with E-state index in [0.29, 0.717) is 0 Å². The Balaban J connectivity index is 2.79. The lowest BCUT2D eigenvalue weighted by Crippen LogP contribution is -2.40. The van der Waals surface area contributed by atoms with Crippen molar-refractivity contribution in [2.24, 2.45) is 0 Å². The summed E-state index contributed by atoms with van der Waals surface area (Å²) in [6.45, 7) is 5.50. The van der Waals surface area contributed by atoms with E-state index in [1.54, 1.807) is 6.08 Å². The highest BCUT2D eigenvalue weighted by Crippen LogP contribution is 2.08. The predicted octanol–water partition coefficient (Wildman–Crippen LogP) is 2.72. The molecule has 0 heterocycles. The van der Waals surface area contributed by atoms with Crippen LogP contribution in [0.1, 0.15) is 31.4 Å². The van der Waals surface area contributed by atoms with Crippen molar-refractivity contribution in [3.05, 3.63) is 41.5 Å². The lowest BCUT2D eigenvalue weighted by molar-refractivity contribution is -0.144. The average molecular weight is 275 g/mol. The predicted molar refractivity (Wildman–Crippen MR) is 79.3 cm³/mol. The summed E-state index contributed by atoms with van der Waals surface area (Å²) in [5.41, 5.74) is 2.07. The molecule has 20 heavy (non-hydrogen) atoms. The lowest BCUT2D eigenvalue weighted by Gasteiger charge is -2.25. The van der Waals surface area contributed by atoms with Gasteiger partial charge in [0.1, 0.15) is 6.54 Å². The van der Waals surface area contributed by atoms with Crippen molar-refractivity contribution in [2.45, 2.75) is 33.2 Å². The molecule has 1 N–H and O–H groups in total. The number of benzene rings is 1. The van der Waals surface area contributed by atoms with Crippen LogP contribution in [0.3, 0.4) is 0 Å². The SMILES string of the molecule is CCC(C)N(CC(=O)O)C(=O)/C=C/c1ccc(C)cc1. The number of carbonyl (C=O) groups is 2. The van der Waals surface area contributed by atoms with Crippen LogP contribution in [0, 0.1) is 6.92 Å². The van der Waals surface area contributed by atoms with Crippen molar-refractivity contribution in [2.75, 3.05) is 6.54 Å². The van der Waals surface area contributed by atoms with E-state index in [1.165, 1.54) is 11.0 Å². The van der Waals surface area contributed by atoms with Crippen molar-refractivity contribution in [1.29, 1.82) is 0 Å². The fraction of sp³-hybridized carbons (Fsp3) is 0.375. The Bertz CT molecular complexity index is 491. The van der Waals surface area contributed by atoms with Crippen LogP contribution >= 0.6 is 0 Å². The number of rotatable bonds is 6. The molecule has 1 atom stereocenters. The first-order chi connectivity index (χ1) is 9.43. The van der Waals surface area contributed by atoms with E-state index in [2.05, 4.69) is 0 Å². The smallest absolute Gasteiger partial charge is 0.323 e. The number of carboxylic acids is 1. The summed E-state index contributed by atoms with van der Waals surface area (Å²) >= 11 is 0. The van der Waals surface area contributed by atoms with E-state index in [0.717, 1.165) is 17.5 Å². The van der Waals surface area contributed by atoms with Gasteiger partial charge in [-0.2, -0.15) is 0 Å². The molecule has 0 radical (unpaired) electrons. The van der Waals surface area contributed by atoms with Gasteiger partial charge in [-0.05, 0) is 31.9 Å². The molecule has 1 rings (SSSR count). The Morgan fingerprint density at radius 1 is 1.30 bits per heavy atom. The van der Waals surface area contributed by atoms with E-state index in [1.807, 2.05) is 45.0 Å². The summed E-state index contributed by atoms with van der Waals surface area (Å²) < 4.78 is 0. The summed E-state index contributed by atoms with van der Waals surface area (Å²) in [7, 11) is 0. The Hall–Kier alpha value is -2.10. The number of nitrogens with zero attached hydrogens (tertiary/aromatic N) is 1. The van der Waals surface area contributed by atoms with E-state index in [-0.39, 0.29) is 18.5 Å². The van der Waals surface area contributed by atoms with Crippen LogP contribution in [0.25, 0.3) is 6.08 Å². The molecule has 0 aliphatic carbocycles. The van der Waals surface area contributed by atoms with Gasteiger partial charge in [-0.25, -0.2) is 0 Å². The Morgan fingerprint density at radius 2 is 1.90 bits per heavy atom. The summed E-state index contributed by atoms with van der Waals surface area (Å²) in [5, 5.41) is 8.87. The van der Waals surface area contributed by atoms with Crippen molar-refractivity contribution >= 4 is 18.0 Å². The number of carbonyl (C=O) groups excluding carboxylic acids is 1. The topological polar surface area (TPSA) is 57.6 Å². The van der Waals surface area contributed by atoms with E-state index in [9.17, 15) is 9.59 Å². The van der Waals surface area contributed by atoms with Crippen LogP contribution in [0.15, 0.2) is 30.3 Å². The Morgan fingerprint density at radius 3 is 2.40 bits per heavy atom. The van der Waals surface area contributed by atoms with Gasteiger partial charge in [-0.3, -0.25) is 9.59 Å². The molecule has 4 nitrogen and oxygen atoms in total. The van der Waals surface area contributed by atoms with Crippen molar-refractivity contribution in [3.8, 4) is 0 Å². The zero-order valence-electron chi connectivity index (χ0n) is 12.2.